The smallest absolute Gasteiger partial charge is 0.251 e. The quantitative estimate of drug-likeness (QED) is 0.619. The predicted octanol–water partition coefficient (Wildman–Crippen LogP) is 4.14. The van der Waals surface area contributed by atoms with Crippen LogP contribution in [-0.4, -0.2) is 44.0 Å². The summed E-state index contributed by atoms with van der Waals surface area (Å²) < 4.78 is 27.4. The number of piperidine rings is 1. The monoisotopic (exact) mass is 446 g/mol. The van der Waals surface area contributed by atoms with Crippen LogP contribution in [0, 0.1) is 13.8 Å². The van der Waals surface area contributed by atoms with Crippen LogP contribution in [-0.2, 0) is 15.8 Å². The summed E-state index contributed by atoms with van der Waals surface area (Å²) >= 11 is 1.76. The van der Waals surface area contributed by atoms with Crippen molar-refractivity contribution >= 4 is 27.7 Å². The number of nitrogens with zero attached hydrogens (tertiary/aromatic N) is 1. The molecule has 0 saturated carbocycles. The zero-order chi connectivity index (χ0) is 21.6. The molecule has 0 radical (unpaired) electrons. The summed E-state index contributed by atoms with van der Waals surface area (Å²) in [6.07, 6.45) is 2.84. The Labute approximate surface area is 184 Å². The van der Waals surface area contributed by atoms with Crippen LogP contribution in [0.5, 0.6) is 0 Å². The normalized spacial score (nSPS) is 15.1. The van der Waals surface area contributed by atoms with Gasteiger partial charge in [0, 0.05) is 36.7 Å². The van der Waals surface area contributed by atoms with Crippen LogP contribution in [0.2, 0.25) is 0 Å². The number of carbonyl (C=O) groups is 1. The maximum Gasteiger partial charge on any atom is 0.251 e. The third kappa shape index (κ3) is 5.86. The minimum Gasteiger partial charge on any atom is -0.351 e. The molecule has 162 valence electrons. The highest BCUT2D eigenvalue weighted by molar-refractivity contribution is 7.98. The molecule has 2 aromatic carbocycles. The molecule has 30 heavy (non-hydrogen) atoms. The largest absolute Gasteiger partial charge is 0.351 e. The Morgan fingerprint density at radius 1 is 1.03 bits per heavy atom. The minimum absolute atomic E-state index is 0.203. The molecule has 0 unspecified atom stereocenters. The predicted molar refractivity (Wildman–Crippen MR) is 123 cm³/mol. The van der Waals surface area contributed by atoms with Crippen LogP contribution in [0.3, 0.4) is 0 Å². The fraction of sp³-hybridized carbons (Fsp3) is 0.435. The first-order valence-electron chi connectivity index (χ1n) is 10.4. The number of carbonyl (C=O) groups excluding carboxylic acids is 1. The highest BCUT2D eigenvalue weighted by Crippen LogP contribution is 2.23. The van der Waals surface area contributed by atoms with Crippen molar-refractivity contribution in [3.05, 3.63) is 64.7 Å². The van der Waals surface area contributed by atoms with E-state index in [2.05, 4.69) is 36.5 Å². The molecular formula is C23H30N2O3S2. The van der Waals surface area contributed by atoms with E-state index in [0.29, 0.717) is 25.2 Å². The first-order valence-corrected chi connectivity index (χ1v) is 13.0. The Bertz CT molecular complexity index is 966. The molecule has 0 aromatic heterocycles. The van der Waals surface area contributed by atoms with E-state index in [1.807, 2.05) is 6.92 Å². The molecule has 1 fully saturated rings. The van der Waals surface area contributed by atoms with Crippen LogP contribution in [0.15, 0.2) is 47.4 Å². The van der Waals surface area contributed by atoms with E-state index in [-0.39, 0.29) is 10.8 Å². The van der Waals surface area contributed by atoms with E-state index in [0.717, 1.165) is 36.3 Å². The van der Waals surface area contributed by atoms with E-state index in [9.17, 15) is 13.2 Å². The van der Waals surface area contributed by atoms with Gasteiger partial charge < -0.3 is 5.32 Å². The van der Waals surface area contributed by atoms with Gasteiger partial charge in [0.25, 0.3) is 5.91 Å². The number of hydrogen-bond acceptors (Lipinski definition) is 4. The fourth-order valence-corrected chi connectivity index (χ4v) is 5.83. The Balaban J connectivity index is 1.56. The van der Waals surface area contributed by atoms with Crippen molar-refractivity contribution < 1.29 is 13.2 Å². The van der Waals surface area contributed by atoms with Gasteiger partial charge in [0.05, 0.1) is 4.90 Å². The van der Waals surface area contributed by atoms with Gasteiger partial charge in [0.2, 0.25) is 10.0 Å². The van der Waals surface area contributed by atoms with E-state index in [4.69, 9.17) is 0 Å². The molecular weight excluding hydrogens is 416 g/mol. The van der Waals surface area contributed by atoms with Crippen LogP contribution in [0.1, 0.15) is 46.3 Å². The third-order valence-electron chi connectivity index (χ3n) is 5.33. The summed E-state index contributed by atoms with van der Waals surface area (Å²) in [4.78, 5) is 12.9. The molecule has 1 aliphatic rings. The van der Waals surface area contributed by atoms with Crippen molar-refractivity contribution in [3.63, 3.8) is 0 Å². The van der Waals surface area contributed by atoms with E-state index < -0.39 is 10.0 Å². The van der Waals surface area contributed by atoms with Gasteiger partial charge in [0.1, 0.15) is 0 Å². The van der Waals surface area contributed by atoms with Gasteiger partial charge in [-0.2, -0.15) is 16.1 Å². The number of hydrogen-bond donors (Lipinski definition) is 1. The van der Waals surface area contributed by atoms with Crippen molar-refractivity contribution in [3.8, 4) is 0 Å². The van der Waals surface area contributed by atoms with Crippen molar-refractivity contribution in [2.45, 2.75) is 43.8 Å². The Hall–Kier alpha value is -1.83. The number of nitrogens with one attached hydrogen (secondary N) is 1. The van der Waals surface area contributed by atoms with E-state index >= 15 is 0 Å². The lowest BCUT2D eigenvalue weighted by atomic mass is 10.1. The van der Waals surface area contributed by atoms with Gasteiger partial charge in [-0.3, -0.25) is 4.79 Å². The molecule has 3 rings (SSSR count). The molecule has 0 aliphatic carbocycles. The average Bonchev–Trinajstić information content (AvgIpc) is 2.75. The lowest BCUT2D eigenvalue weighted by Gasteiger charge is -2.26. The number of rotatable bonds is 8. The number of sulfonamides is 1. The van der Waals surface area contributed by atoms with Gasteiger partial charge in [-0.05, 0) is 49.9 Å². The molecule has 1 aliphatic heterocycles. The summed E-state index contributed by atoms with van der Waals surface area (Å²) in [5.74, 6) is 1.47. The molecule has 0 spiro atoms. The fourth-order valence-electron chi connectivity index (χ4n) is 3.47. The second-order valence-corrected chi connectivity index (χ2v) is 10.8. The number of amides is 1. The van der Waals surface area contributed by atoms with Crippen LogP contribution < -0.4 is 5.32 Å². The summed E-state index contributed by atoms with van der Waals surface area (Å²) in [7, 11) is -3.55. The number of benzene rings is 2. The average molecular weight is 447 g/mol. The van der Waals surface area contributed by atoms with Gasteiger partial charge in [-0.1, -0.05) is 42.3 Å². The molecule has 0 atom stereocenters. The first kappa shape index (κ1) is 22.8. The topological polar surface area (TPSA) is 66.5 Å². The van der Waals surface area contributed by atoms with Gasteiger partial charge in [-0.15, -0.1) is 0 Å². The number of aryl methyl sites for hydroxylation is 2. The number of thioether (sulfide) groups is 1. The lowest BCUT2D eigenvalue weighted by molar-refractivity contribution is 0.0955. The molecule has 1 saturated heterocycles. The van der Waals surface area contributed by atoms with Crippen LogP contribution in [0.25, 0.3) is 0 Å². The van der Waals surface area contributed by atoms with Gasteiger partial charge >= 0.3 is 0 Å². The van der Waals surface area contributed by atoms with Crippen LogP contribution in [0.4, 0.5) is 0 Å². The molecule has 1 heterocycles. The first-order chi connectivity index (χ1) is 14.4. The highest BCUT2D eigenvalue weighted by atomic mass is 32.2. The van der Waals surface area contributed by atoms with Crippen molar-refractivity contribution in [2.75, 3.05) is 25.4 Å². The zero-order valence-corrected chi connectivity index (χ0v) is 19.3. The molecule has 1 amide bonds. The van der Waals surface area contributed by atoms with E-state index in [1.165, 1.54) is 21.5 Å². The van der Waals surface area contributed by atoms with Gasteiger partial charge in [0.15, 0.2) is 0 Å². The van der Waals surface area contributed by atoms with Crippen molar-refractivity contribution in [1.82, 2.24) is 9.62 Å². The Morgan fingerprint density at radius 2 is 1.73 bits per heavy atom. The maximum absolute atomic E-state index is 12.9. The summed E-state index contributed by atoms with van der Waals surface area (Å²) in [6.45, 7) is 5.54. The second-order valence-electron chi connectivity index (χ2n) is 7.74. The Morgan fingerprint density at radius 3 is 2.43 bits per heavy atom. The lowest BCUT2D eigenvalue weighted by Crippen LogP contribution is -2.35. The SMILES string of the molecule is Cc1ccc(CSCCNC(=O)c2cc(S(=O)(=O)N3CCCCC3)ccc2C)cc1. The second kappa shape index (κ2) is 10.5. The van der Waals surface area contributed by atoms with Crippen molar-refractivity contribution in [1.29, 1.82) is 0 Å². The summed E-state index contributed by atoms with van der Waals surface area (Å²) in [5, 5.41) is 2.93. The molecule has 0 bridgehead atoms. The summed E-state index contributed by atoms with van der Waals surface area (Å²) in [6, 6.07) is 13.3. The van der Waals surface area contributed by atoms with Crippen molar-refractivity contribution in [2.24, 2.45) is 0 Å². The maximum atomic E-state index is 12.9. The molecule has 7 heteroatoms. The summed E-state index contributed by atoms with van der Waals surface area (Å²) in [5.41, 5.74) is 3.72. The standard InChI is InChI=1S/C23H30N2O3S2/c1-18-6-9-20(10-7-18)17-29-15-12-24-23(26)22-16-21(11-8-19(22)2)30(27,28)25-13-4-3-5-14-25/h6-11,16H,3-5,12-15,17H2,1-2H3,(H,24,26). The zero-order valence-electron chi connectivity index (χ0n) is 17.7. The molecule has 5 nitrogen and oxygen atoms in total. The van der Waals surface area contributed by atoms with Gasteiger partial charge in [-0.25, -0.2) is 8.42 Å². The molecule has 1 N–H and O–H groups in total. The minimum atomic E-state index is -3.55. The Kier molecular flexibility index (Phi) is 7.97. The third-order valence-corrected chi connectivity index (χ3v) is 8.25. The van der Waals surface area contributed by atoms with Crippen LogP contribution >= 0.6 is 11.8 Å². The van der Waals surface area contributed by atoms with E-state index in [1.54, 1.807) is 23.9 Å². The highest BCUT2D eigenvalue weighted by Gasteiger charge is 2.27. The molecule has 2 aromatic rings.